The molecule has 0 fully saturated rings. The summed E-state index contributed by atoms with van der Waals surface area (Å²) in [6.07, 6.45) is 0.704. The highest BCUT2D eigenvalue weighted by Crippen LogP contribution is 2.34. The van der Waals surface area contributed by atoms with Crippen LogP contribution >= 0.6 is 0 Å². The van der Waals surface area contributed by atoms with Crippen molar-refractivity contribution >= 4 is 23.5 Å². The van der Waals surface area contributed by atoms with Crippen molar-refractivity contribution in [3.05, 3.63) is 47.5 Å². The monoisotopic (exact) mass is 482 g/mol. The van der Waals surface area contributed by atoms with Gasteiger partial charge in [-0.1, -0.05) is 12.8 Å². The van der Waals surface area contributed by atoms with Gasteiger partial charge < -0.3 is 24.3 Å². The molecule has 9 nitrogen and oxygen atoms in total. The molecule has 0 saturated carbocycles. The van der Waals surface area contributed by atoms with Gasteiger partial charge in [0.15, 0.2) is 11.5 Å². The predicted molar refractivity (Wildman–Crippen MR) is 131 cm³/mol. The Morgan fingerprint density at radius 1 is 1.00 bits per heavy atom. The molecule has 0 heterocycles. The quantitative estimate of drug-likeness (QED) is 0.225. The molecule has 0 bridgehead atoms. The fourth-order valence-corrected chi connectivity index (χ4v) is 3.09. The van der Waals surface area contributed by atoms with Gasteiger partial charge in [0.1, 0.15) is 5.75 Å². The zero-order chi connectivity index (χ0) is 25.8. The van der Waals surface area contributed by atoms with E-state index >= 15 is 0 Å². The molecule has 2 aromatic carbocycles. The van der Waals surface area contributed by atoms with Gasteiger partial charge >= 0.3 is 5.97 Å². The van der Waals surface area contributed by atoms with Gasteiger partial charge in [-0.25, -0.2) is 4.79 Å². The van der Waals surface area contributed by atoms with Crippen LogP contribution in [0.25, 0.3) is 0 Å². The van der Waals surface area contributed by atoms with Crippen molar-refractivity contribution in [3.63, 3.8) is 0 Å². The maximum absolute atomic E-state index is 12.8. The van der Waals surface area contributed by atoms with Gasteiger partial charge in [0.05, 0.1) is 39.2 Å². The fourth-order valence-electron chi connectivity index (χ4n) is 3.09. The van der Waals surface area contributed by atoms with E-state index in [4.69, 9.17) is 18.9 Å². The molecule has 2 rings (SSSR count). The SMILES string of the molecule is CC#CN(CCCOc1cc(C(=O)OC)c(NC(=O)CC)cc1OC)C(=O)c1ccc(OC)cc1. The highest BCUT2D eigenvalue weighted by molar-refractivity contribution is 6.02. The van der Waals surface area contributed by atoms with Crippen LogP contribution in [0.2, 0.25) is 0 Å². The third kappa shape index (κ3) is 7.40. The number of methoxy groups -OCH3 is 3. The zero-order valence-corrected chi connectivity index (χ0v) is 20.6. The Balaban J connectivity index is 2.12. The molecule has 0 spiro atoms. The smallest absolute Gasteiger partial charge is 0.340 e. The van der Waals surface area contributed by atoms with Crippen molar-refractivity contribution in [2.75, 3.05) is 39.8 Å². The topological polar surface area (TPSA) is 103 Å². The molecule has 186 valence electrons. The molecule has 2 aromatic rings. The normalized spacial score (nSPS) is 9.86. The van der Waals surface area contributed by atoms with Crippen molar-refractivity contribution in [2.45, 2.75) is 26.7 Å². The first-order valence-electron chi connectivity index (χ1n) is 11.0. The van der Waals surface area contributed by atoms with E-state index < -0.39 is 5.97 Å². The second-order valence-corrected chi connectivity index (χ2v) is 7.19. The maximum Gasteiger partial charge on any atom is 0.340 e. The van der Waals surface area contributed by atoms with Crippen LogP contribution in [0.1, 0.15) is 47.4 Å². The summed E-state index contributed by atoms with van der Waals surface area (Å²) in [6.45, 7) is 3.90. The Labute approximate surface area is 205 Å². The zero-order valence-electron chi connectivity index (χ0n) is 20.6. The molecule has 0 aliphatic heterocycles. The van der Waals surface area contributed by atoms with Crippen molar-refractivity contribution < 1.29 is 33.3 Å². The summed E-state index contributed by atoms with van der Waals surface area (Å²) < 4.78 is 21.2. The summed E-state index contributed by atoms with van der Waals surface area (Å²) in [7, 11) is 4.27. The van der Waals surface area contributed by atoms with Crippen LogP contribution in [0.5, 0.6) is 17.2 Å². The third-order valence-electron chi connectivity index (χ3n) is 4.92. The van der Waals surface area contributed by atoms with E-state index in [0.29, 0.717) is 35.8 Å². The van der Waals surface area contributed by atoms with Crippen molar-refractivity contribution in [1.29, 1.82) is 0 Å². The minimum Gasteiger partial charge on any atom is -0.497 e. The van der Waals surface area contributed by atoms with E-state index in [-0.39, 0.29) is 36.1 Å². The van der Waals surface area contributed by atoms with E-state index in [1.54, 1.807) is 45.2 Å². The number of carbonyl (C=O) groups excluding carboxylic acids is 3. The highest BCUT2D eigenvalue weighted by atomic mass is 16.5. The average molecular weight is 483 g/mol. The number of amides is 2. The molecule has 0 unspecified atom stereocenters. The Kier molecular flexibility index (Phi) is 10.4. The lowest BCUT2D eigenvalue weighted by molar-refractivity contribution is -0.115. The molecule has 9 heteroatoms. The lowest BCUT2D eigenvalue weighted by atomic mass is 10.1. The molecule has 35 heavy (non-hydrogen) atoms. The number of nitrogens with zero attached hydrogens (tertiary/aromatic N) is 1. The fraction of sp³-hybridized carbons (Fsp3) is 0.346. The van der Waals surface area contributed by atoms with Gasteiger partial charge in [0.25, 0.3) is 5.91 Å². The molecule has 2 amide bonds. The number of carbonyl (C=O) groups is 3. The molecule has 0 saturated heterocycles. The summed E-state index contributed by atoms with van der Waals surface area (Å²) in [5, 5.41) is 2.67. The van der Waals surface area contributed by atoms with Crippen LogP contribution in [0.3, 0.4) is 0 Å². The Hall–Kier alpha value is -4.19. The first-order chi connectivity index (χ1) is 16.9. The number of nitrogens with one attached hydrogen (secondary N) is 1. The number of benzene rings is 2. The molecular weight excluding hydrogens is 452 g/mol. The standard InChI is InChI=1S/C26H30N2O7/c1-6-13-28(25(30)18-9-11-19(32-3)12-10-18)14-8-15-35-23-16-20(26(31)34-5)21(17-22(23)33-4)27-24(29)7-2/h9-12,16-17H,7-8,14-15H2,1-5H3,(H,27,29). The largest absolute Gasteiger partial charge is 0.497 e. The predicted octanol–water partition coefficient (Wildman–Crippen LogP) is 3.73. The first-order valence-corrected chi connectivity index (χ1v) is 11.0. The Morgan fingerprint density at radius 3 is 2.29 bits per heavy atom. The van der Waals surface area contributed by atoms with Crippen molar-refractivity contribution in [1.82, 2.24) is 4.90 Å². The van der Waals surface area contributed by atoms with Crippen molar-refractivity contribution in [3.8, 4) is 29.2 Å². The average Bonchev–Trinajstić information content (AvgIpc) is 2.89. The minimum atomic E-state index is -0.626. The highest BCUT2D eigenvalue weighted by Gasteiger charge is 2.20. The molecule has 0 aromatic heterocycles. The van der Waals surface area contributed by atoms with Gasteiger partial charge in [0, 0.05) is 43.1 Å². The number of anilines is 1. The van der Waals surface area contributed by atoms with E-state index in [9.17, 15) is 14.4 Å². The van der Waals surface area contributed by atoms with E-state index in [1.807, 2.05) is 0 Å². The van der Waals surface area contributed by atoms with Gasteiger partial charge in [0.2, 0.25) is 5.91 Å². The number of esters is 1. The first kappa shape index (κ1) is 27.1. The Bertz CT molecular complexity index is 1100. The van der Waals surface area contributed by atoms with Crippen LogP contribution in [-0.2, 0) is 9.53 Å². The van der Waals surface area contributed by atoms with Gasteiger partial charge in [-0.3, -0.25) is 14.5 Å². The molecular formula is C26H30N2O7. The van der Waals surface area contributed by atoms with Crippen LogP contribution in [0.15, 0.2) is 36.4 Å². The number of ether oxygens (including phenoxy) is 4. The van der Waals surface area contributed by atoms with Crippen LogP contribution in [0.4, 0.5) is 5.69 Å². The lowest BCUT2D eigenvalue weighted by Gasteiger charge is -2.18. The van der Waals surface area contributed by atoms with E-state index in [1.165, 1.54) is 31.3 Å². The molecule has 0 aliphatic carbocycles. The van der Waals surface area contributed by atoms with Gasteiger partial charge in [-0.15, -0.1) is 0 Å². The van der Waals surface area contributed by atoms with Gasteiger partial charge in [-0.2, -0.15) is 0 Å². The number of hydrogen-bond acceptors (Lipinski definition) is 7. The summed E-state index contributed by atoms with van der Waals surface area (Å²) >= 11 is 0. The van der Waals surface area contributed by atoms with Crippen LogP contribution < -0.4 is 19.5 Å². The minimum absolute atomic E-state index is 0.137. The molecule has 1 N–H and O–H groups in total. The van der Waals surface area contributed by atoms with Crippen LogP contribution in [-0.4, -0.2) is 57.2 Å². The second kappa shape index (κ2) is 13.5. The van der Waals surface area contributed by atoms with Crippen LogP contribution in [0, 0.1) is 12.0 Å². The third-order valence-corrected chi connectivity index (χ3v) is 4.92. The van der Waals surface area contributed by atoms with Crippen molar-refractivity contribution in [2.24, 2.45) is 0 Å². The van der Waals surface area contributed by atoms with E-state index in [2.05, 4.69) is 17.3 Å². The number of hydrogen-bond donors (Lipinski definition) is 1. The van der Waals surface area contributed by atoms with E-state index in [0.717, 1.165) is 0 Å². The summed E-state index contributed by atoms with van der Waals surface area (Å²) in [6, 6.07) is 12.6. The summed E-state index contributed by atoms with van der Waals surface area (Å²) in [5.41, 5.74) is 0.893. The lowest BCUT2D eigenvalue weighted by Crippen LogP contribution is -2.28. The maximum atomic E-state index is 12.8. The van der Waals surface area contributed by atoms with Gasteiger partial charge in [-0.05, 0) is 31.2 Å². The molecule has 0 atom stereocenters. The Morgan fingerprint density at radius 2 is 1.71 bits per heavy atom. The molecule has 0 aliphatic rings. The summed E-state index contributed by atoms with van der Waals surface area (Å²) in [5.74, 6) is 2.93. The number of rotatable bonds is 11. The summed E-state index contributed by atoms with van der Waals surface area (Å²) in [4.78, 5) is 38.4. The molecule has 0 radical (unpaired) electrons. The second-order valence-electron chi connectivity index (χ2n) is 7.19.